The lowest BCUT2D eigenvalue weighted by Crippen LogP contribution is -2.51. The van der Waals surface area contributed by atoms with Crippen molar-refractivity contribution in [2.45, 2.75) is 44.2 Å². The second-order valence-corrected chi connectivity index (χ2v) is 8.18. The number of fused-ring (bicyclic) bond motifs is 2. The summed E-state index contributed by atoms with van der Waals surface area (Å²) in [5.41, 5.74) is 1.09. The molecule has 3 rings (SSSR count). The lowest BCUT2D eigenvalue weighted by molar-refractivity contribution is -0.153. The Bertz CT molecular complexity index is 667. The number of carbonyl (C=O) groups excluding carboxylic acids is 1. The Kier molecular flexibility index (Phi) is 6.69. The van der Waals surface area contributed by atoms with E-state index in [0.29, 0.717) is 22.7 Å². The molecule has 4 atom stereocenters. The minimum absolute atomic E-state index is 0.0904. The predicted octanol–water partition coefficient (Wildman–Crippen LogP) is 5.44. The van der Waals surface area contributed by atoms with Crippen molar-refractivity contribution in [2.75, 3.05) is 13.2 Å². The molecule has 136 valence electrons. The third-order valence-corrected chi connectivity index (χ3v) is 6.65. The predicted molar refractivity (Wildman–Crippen MR) is 111 cm³/mol. The maximum absolute atomic E-state index is 12.8. The van der Waals surface area contributed by atoms with Crippen molar-refractivity contribution in [3.63, 3.8) is 0 Å². The molecular formula is C19H22Cl2INO2. The first-order chi connectivity index (χ1) is 12.1. The van der Waals surface area contributed by atoms with Crippen LogP contribution in [0.15, 0.2) is 28.4 Å². The van der Waals surface area contributed by atoms with Gasteiger partial charge in [0.2, 0.25) is 0 Å². The van der Waals surface area contributed by atoms with E-state index in [1.54, 1.807) is 0 Å². The lowest BCUT2D eigenvalue weighted by Gasteiger charge is -2.43. The Morgan fingerprint density at radius 1 is 1.36 bits per heavy atom. The molecular weight excluding hydrogens is 472 g/mol. The maximum Gasteiger partial charge on any atom is 0.311 e. The number of rotatable bonds is 5. The van der Waals surface area contributed by atoms with Crippen LogP contribution in [0.25, 0.3) is 0 Å². The van der Waals surface area contributed by atoms with Crippen LogP contribution in [0.1, 0.15) is 37.7 Å². The fraction of sp³-hybridized carbons (Fsp3) is 0.526. The Labute approximate surface area is 172 Å². The molecule has 2 fully saturated rings. The number of carbonyl (C=O) groups is 1. The molecule has 2 aliphatic rings. The van der Waals surface area contributed by atoms with E-state index < -0.39 is 0 Å². The molecule has 1 aromatic rings. The van der Waals surface area contributed by atoms with E-state index in [1.807, 2.05) is 29.2 Å². The summed E-state index contributed by atoms with van der Waals surface area (Å²) >= 11 is 14.6. The highest BCUT2D eigenvalue weighted by atomic mass is 127. The third kappa shape index (κ3) is 4.02. The first-order valence-electron chi connectivity index (χ1n) is 8.69. The minimum atomic E-state index is -0.154. The van der Waals surface area contributed by atoms with Crippen molar-refractivity contribution in [1.29, 1.82) is 0 Å². The van der Waals surface area contributed by atoms with Crippen molar-refractivity contribution < 1.29 is 9.53 Å². The summed E-state index contributed by atoms with van der Waals surface area (Å²) < 4.78 is 7.49. The van der Waals surface area contributed by atoms with Crippen LogP contribution in [0, 0.1) is 5.92 Å². The number of benzene rings is 1. The van der Waals surface area contributed by atoms with Crippen molar-refractivity contribution in [1.82, 2.24) is 4.90 Å². The summed E-state index contributed by atoms with van der Waals surface area (Å²) in [6.07, 6.45) is 5.29. The quantitative estimate of drug-likeness (QED) is 0.404. The monoisotopic (exact) mass is 493 g/mol. The molecule has 0 spiro atoms. The number of halogens is 3. The average molecular weight is 494 g/mol. The van der Waals surface area contributed by atoms with Gasteiger partial charge in [-0.15, -0.1) is 0 Å². The second kappa shape index (κ2) is 8.59. The zero-order valence-electron chi connectivity index (χ0n) is 14.1. The van der Waals surface area contributed by atoms with Gasteiger partial charge < -0.3 is 4.74 Å². The molecule has 1 aromatic carbocycles. The Hall–Kier alpha value is -0.300. The van der Waals surface area contributed by atoms with E-state index in [2.05, 4.69) is 33.6 Å². The molecule has 2 saturated heterocycles. The number of hydrogen-bond donors (Lipinski definition) is 0. The molecule has 25 heavy (non-hydrogen) atoms. The van der Waals surface area contributed by atoms with Crippen molar-refractivity contribution in [2.24, 2.45) is 5.92 Å². The van der Waals surface area contributed by atoms with Gasteiger partial charge in [0, 0.05) is 24.5 Å². The molecule has 0 amide bonds. The molecule has 3 nitrogen and oxygen atoms in total. The number of esters is 1. The van der Waals surface area contributed by atoms with Gasteiger partial charge in [-0.25, -0.2) is 0 Å². The van der Waals surface area contributed by atoms with Crippen LogP contribution in [0.5, 0.6) is 0 Å². The summed E-state index contributed by atoms with van der Waals surface area (Å²) in [5.74, 6) is -0.114. The van der Waals surface area contributed by atoms with E-state index in [1.165, 1.54) is 0 Å². The molecule has 0 saturated carbocycles. The topological polar surface area (TPSA) is 29.5 Å². The van der Waals surface area contributed by atoms with Crippen LogP contribution in [-0.4, -0.2) is 36.1 Å². The highest BCUT2D eigenvalue weighted by Crippen LogP contribution is 2.48. The Balaban J connectivity index is 1.94. The fourth-order valence-electron chi connectivity index (χ4n) is 4.40. The molecule has 0 unspecified atom stereocenters. The second-order valence-electron chi connectivity index (χ2n) is 6.65. The summed E-state index contributed by atoms with van der Waals surface area (Å²) in [4.78, 5) is 15.3. The number of hydrogen-bond acceptors (Lipinski definition) is 3. The Morgan fingerprint density at radius 2 is 2.16 bits per heavy atom. The van der Waals surface area contributed by atoms with E-state index in [9.17, 15) is 4.79 Å². The van der Waals surface area contributed by atoms with Gasteiger partial charge in [0.05, 0.1) is 22.6 Å². The molecule has 0 aromatic heterocycles. The standard InChI is InChI=1S/C19H22Cl2INO2/c1-2-25-19(24)18-14(12-4-6-15(20)16(21)10-12)11-13-5-7-17(18)23(13)9-3-8-22/h3-4,6,8,10,13-14,17-18H,2,5,7,9,11H2,1H3/b8-3+/t13-,14-,17+,18+/m1/s1. The van der Waals surface area contributed by atoms with Gasteiger partial charge in [-0.2, -0.15) is 0 Å². The van der Waals surface area contributed by atoms with Gasteiger partial charge in [0.15, 0.2) is 0 Å². The molecule has 0 aliphatic carbocycles. The largest absolute Gasteiger partial charge is 0.466 e. The molecule has 2 heterocycles. The van der Waals surface area contributed by atoms with Crippen LogP contribution in [0.3, 0.4) is 0 Å². The zero-order valence-corrected chi connectivity index (χ0v) is 17.8. The van der Waals surface area contributed by atoms with Gasteiger partial charge >= 0.3 is 5.97 Å². The van der Waals surface area contributed by atoms with E-state index in [0.717, 1.165) is 31.4 Å². The molecule has 6 heteroatoms. The third-order valence-electron chi connectivity index (χ3n) is 5.40. The number of nitrogens with zero attached hydrogens (tertiary/aromatic N) is 1. The molecule has 0 radical (unpaired) electrons. The van der Waals surface area contributed by atoms with Gasteiger partial charge in [-0.05, 0) is 48.0 Å². The smallest absolute Gasteiger partial charge is 0.311 e. The molecule has 0 N–H and O–H groups in total. The SMILES string of the molecule is CCOC(=O)[C@H]1[C@@H](c2ccc(Cl)c(Cl)c2)C[C@H]2CC[C@@H]1N2C/C=C/I. The molecule has 2 aliphatic heterocycles. The summed E-state index contributed by atoms with van der Waals surface area (Å²) in [6, 6.07) is 6.48. The summed E-state index contributed by atoms with van der Waals surface area (Å²) in [5, 5.41) is 1.09. The first-order valence-corrected chi connectivity index (χ1v) is 10.7. The first kappa shape index (κ1) is 19.5. The van der Waals surface area contributed by atoms with Crippen molar-refractivity contribution in [3.8, 4) is 0 Å². The van der Waals surface area contributed by atoms with Gasteiger partial charge in [-0.3, -0.25) is 9.69 Å². The normalized spacial score (nSPS) is 29.3. The average Bonchev–Trinajstić information content (AvgIpc) is 2.86. The zero-order chi connectivity index (χ0) is 18.0. The van der Waals surface area contributed by atoms with Gasteiger partial charge in [0.25, 0.3) is 0 Å². The van der Waals surface area contributed by atoms with Crippen molar-refractivity contribution in [3.05, 3.63) is 44.0 Å². The van der Waals surface area contributed by atoms with Gasteiger partial charge in [-0.1, -0.05) is 57.9 Å². The highest BCUT2D eigenvalue weighted by molar-refractivity contribution is 14.1. The lowest BCUT2D eigenvalue weighted by atomic mass is 9.76. The highest BCUT2D eigenvalue weighted by Gasteiger charge is 2.50. The molecule has 2 bridgehead atoms. The maximum atomic E-state index is 12.8. The van der Waals surface area contributed by atoms with Gasteiger partial charge in [0.1, 0.15) is 0 Å². The van der Waals surface area contributed by atoms with Crippen LogP contribution < -0.4 is 0 Å². The summed E-state index contributed by atoms with van der Waals surface area (Å²) in [7, 11) is 0. The van der Waals surface area contributed by atoms with E-state index in [4.69, 9.17) is 27.9 Å². The van der Waals surface area contributed by atoms with Crippen LogP contribution in [0.4, 0.5) is 0 Å². The number of ether oxygens (including phenoxy) is 1. The minimum Gasteiger partial charge on any atom is -0.466 e. The van der Waals surface area contributed by atoms with Crippen LogP contribution in [-0.2, 0) is 9.53 Å². The fourth-order valence-corrected chi connectivity index (χ4v) is 4.94. The summed E-state index contributed by atoms with van der Waals surface area (Å²) in [6.45, 7) is 3.17. The van der Waals surface area contributed by atoms with E-state index in [-0.39, 0.29) is 23.8 Å². The van der Waals surface area contributed by atoms with Crippen LogP contribution >= 0.6 is 45.8 Å². The van der Waals surface area contributed by atoms with Crippen molar-refractivity contribution >= 4 is 51.8 Å². The Morgan fingerprint density at radius 3 is 2.84 bits per heavy atom. The number of piperidine rings is 1. The van der Waals surface area contributed by atoms with E-state index >= 15 is 0 Å². The van der Waals surface area contributed by atoms with Crippen LogP contribution in [0.2, 0.25) is 10.0 Å².